The third-order valence-corrected chi connectivity index (χ3v) is 6.95. The van der Waals surface area contributed by atoms with Crippen molar-refractivity contribution in [1.82, 2.24) is 10.6 Å². The zero-order valence-corrected chi connectivity index (χ0v) is 21.9. The fourth-order valence-electron chi connectivity index (χ4n) is 4.14. The first-order valence-electron chi connectivity index (χ1n) is 12.1. The first kappa shape index (κ1) is 28.1. The molecule has 12 heteroatoms. The maximum absolute atomic E-state index is 12.8. The van der Waals surface area contributed by atoms with Crippen molar-refractivity contribution in [2.45, 2.75) is 50.2 Å². The van der Waals surface area contributed by atoms with Gasteiger partial charge in [0.15, 0.2) is 12.2 Å². The number of hydrogen-bond acceptors (Lipinski definition) is 7. The molecule has 0 saturated carbocycles. The summed E-state index contributed by atoms with van der Waals surface area (Å²) in [4.78, 5) is 37.3. The van der Waals surface area contributed by atoms with Gasteiger partial charge in [0.2, 0.25) is 0 Å². The van der Waals surface area contributed by atoms with Gasteiger partial charge in [0.1, 0.15) is 25.2 Å². The van der Waals surface area contributed by atoms with Crippen LogP contribution in [0.5, 0.6) is 5.75 Å². The highest BCUT2D eigenvalue weighted by molar-refractivity contribution is 6.35. The second-order valence-corrected chi connectivity index (χ2v) is 9.72. The number of nitrogens with one attached hydrogen (secondary N) is 2. The van der Waals surface area contributed by atoms with E-state index in [1.165, 1.54) is 0 Å². The van der Waals surface area contributed by atoms with Gasteiger partial charge in [-0.25, -0.2) is 4.79 Å². The maximum atomic E-state index is 12.8. The van der Waals surface area contributed by atoms with Crippen LogP contribution in [0.2, 0.25) is 10.0 Å². The molecule has 0 aromatic heterocycles. The molecule has 0 spiro atoms. The third kappa shape index (κ3) is 7.36. The number of carbonyl (C=O) groups is 3. The molecule has 1 unspecified atom stereocenters. The van der Waals surface area contributed by atoms with Gasteiger partial charge >= 0.3 is 5.97 Å². The van der Waals surface area contributed by atoms with Crippen LogP contribution in [0, 0.1) is 0 Å². The number of halogens is 2. The van der Waals surface area contributed by atoms with Gasteiger partial charge < -0.3 is 34.7 Å². The normalized spacial score (nSPS) is 21.6. The molecule has 2 aromatic rings. The monoisotopic (exact) mass is 566 g/mol. The number of aliphatic carboxylic acids is 1. The molecular formula is C26H28Cl2N2O8. The summed E-state index contributed by atoms with van der Waals surface area (Å²) < 4.78 is 21.8. The lowest BCUT2D eigenvalue weighted by atomic mass is 10.0. The van der Waals surface area contributed by atoms with E-state index in [9.17, 15) is 19.5 Å². The van der Waals surface area contributed by atoms with Crippen LogP contribution in [0.25, 0.3) is 0 Å². The van der Waals surface area contributed by atoms with Crippen molar-refractivity contribution >= 4 is 41.0 Å². The van der Waals surface area contributed by atoms with Crippen LogP contribution >= 0.6 is 23.2 Å². The van der Waals surface area contributed by atoms with Gasteiger partial charge in [-0.1, -0.05) is 41.4 Å². The van der Waals surface area contributed by atoms with Crippen molar-refractivity contribution in [1.29, 1.82) is 0 Å². The summed E-state index contributed by atoms with van der Waals surface area (Å²) in [5.74, 6) is -1.96. The van der Waals surface area contributed by atoms with Gasteiger partial charge in [0, 0.05) is 35.2 Å². The van der Waals surface area contributed by atoms with Crippen molar-refractivity contribution in [3.05, 3.63) is 63.6 Å². The quantitative estimate of drug-likeness (QED) is 0.378. The molecule has 2 saturated heterocycles. The zero-order chi connectivity index (χ0) is 27.1. The lowest BCUT2D eigenvalue weighted by Crippen LogP contribution is -2.52. The number of carbonyl (C=O) groups excluding carboxylic acids is 2. The van der Waals surface area contributed by atoms with Crippen LogP contribution < -0.4 is 15.4 Å². The molecule has 0 radical (unpaired) electrons. The SMILES string of the molecule is O=C(O)[C@H](Cc1ccc(OCc2c(Cl)cccc2Cl)cc1)NC(=O)[C@@H]1OCO[C@H]1C(=O)NCC1CCCO1. The van der Waals surface area contributed by atoms with Crippen molar-refractivity contribution in [3.63, 3.8) is 0 Å². The third-order valence-electron chi connectivity index (χ3n) is 6.24. The smallest absolute Gasteiger partial charge is 0.326 e. The highest BCUT2D eigenvalue weighted by Crippen LogP contribution is 2.26. The molecule has 3 N–H and O–H groups in total. The Morgan fingerprint density at radius 2 is 1.68 bits per heavy atom. The summed E-state index contributed by atoms with van der Waals surface area (Å²) in [6, 6.07) is 10.7. The number of ether oxygens (including phenoxy) is 4. The highest BCUT2D eigenvalue weighted by atomic mass is 35.5. The Morgan fingerprint density at radius 3 is 2.32 bits per heavy atom. The topological polar surface area (TPSA) is 132 Å². The van der Waals surface area contributed by atoms with Gasteiger partial charge in [0.25, 0.3) is 11.8 Å². The Morgan fingerprint density at radius 1 is 1.00 bits per heavy atom. The summed E-state index contributed by atoms with van der Waals surface area (Å²) in [5, 5.41) is 15.8. The van der Waals surface area contributed by atoms with E-state index >= 15 is 0 Å². The van der Waals surface area contributed by atoms with Crippen LogP contribution in [-0.4, -0.2) is 67.2 Å². The summed E-state index contributed by atoms with van der Waals surface area (Å²) in [6.07, 6.45) is -0.757. The van der Waals surface area contributed by atoms with Crippen LogP contribution in [0.4, 0.5) is 0 Å². The molecule has 2 aliphatic heterocycles. The first-order valence-corrected chi connectivity index (χ1v) is 12.9. The van der Waals surface area contributed by atoms with Crippen LogP contribution in [0.1, 0.15) is 24.0 Å². The Kier molecular flexibility index (Phi) is 9.81. The van der Waals surface area contributed by atoms with E-state index in [2.05, 4.69) is 10.6 Å². The van der Waals surface area contributed by atoms with Crippen molar-refractivity contribution in [2.24, 2.45) is 0 Å². The minimum Gasteiger partial charge on any atom is -0.489 e. The fourth-order valence-corrected chi connectivity index (χ4v) is 4.65. The standard InChI is InChI=1S/C26H28Cl2N2O8/c27-19-4-1-5-20(28)18(19)13-36-16-8-6-15(7-9-16)11-21(26(33)34)30-25(32)23-22(37-14-38-23)24(31)29-12-17-3-2-10-35-17/h1,4-9,17,21-23H,2-3,10-14H2,(H,29,31)(H,30,32)(H,33,34)/t17?,21-,22+,23+/m0/s1. The minimum atomic E-state index is -1.27. The van der Waals surface area contributed by atoms with Gasteiger partial charge in [-0.2, -0.15) is 0 Å². The van der Waals surface area contributed by atoms with Crippen molar-refractivity contribution in [3.8, 4) is 5.75 Å². The Bertz CT molecular complexity index is 1120. The molecular weight excluding hydrogens is 539 g/mol. The van der Waals surface area contributed by atoms with Crippen LogP contribution in [-0.2, 0) is 41.6 Å². The Balaban J connectivity index is 1.30. The average Bonchev–Trinajstić information content (AvgIpc) is 3.60. The molecule has 10 nitrogen and oxygen atoms in total. The van der Waals surface area contributed by atoms with E-state index in [0.29, 0.717) is 40.1 Å². The Labute approximate surface area is 229 Å². The predicted molar refractivity (Wildman–Crippen MR) is 137 cm³/mol. The van der Waals surface area contributed by atoms with Gasteiger partial charge in [-0.3, -0.25) is 9.59 Å². The van der Waals surface area contributed by atoms with Crippen LogP contribution in [0.3, 0.4) is 0 Å². The molecule has 0 aliphatic carbocycles. The summed E-state index contributed by atoms with van der Waals surface area (Å²) in [5.41, 5.74) is 1.31. The number of amides is 2. The largest absolute Gasteiger partial charge is 0.489 e. The molecule has 38 heavy (non-hydrogen) atoms. The van der Waals surface area contributed by atoms with Gasteiger partial charge in [-0.05, 0) is 42.7 Å². The molecule has 2 amide bonds. The molecule has 2 aromatic carbocycles. The second kappa shape index (κ2) is 13.3. The lowest BCUT2D eigenvalue weighted by Gasteiger charge is -2.20. The predicted octanol–water partition coefficient (Wildman–Crippen LogP) is 2.72. The van der Waals surface area contributed by atoms with Crippen LogP contribution in [0.15, 0.2) is 42.5 Å². The van der Waals surface area contributed by atoms with Gasteiger partial charge in [0.05, 0.1) is 6.10 Å². The summed E-state index contributed by atoms with van der Waals surface area (Å²) in [7, 11) is 0. The lowest BCUT2D eigenvalue weighted by molar-refractivity contribution is -0.144. The van der Waals surface area contributed by atoms with E-state index in [0.717, 1.165) is 12.8 Å². The number of carboxylic acid groups (broad SMARTS) is 1. The van der Waals surface area contributed by atoms with E-state index in [1.807, 2.05) is 0 Å². The molecule has 2 aliphatic rings. The molecule has 4 atom stereocenters. The summed E-state index contributed by atoms with van der Waals surface area (Å²) in [6.45, 7) is 0.862. The maximum Gasteiger partial charge on any atom is 0.326 e. The highest BCUT2D eigenvalue weighted by Gasteiger charge is 2.41. The number of hydrogen-bond donors (Lipinski definition) is 3. The van der Waals surface area contributed by atoms with Gasteiger partial charge in [-0.15, -0.1) is 0 Å². The van der Waals surface area contributed by atoms with Crippen molar-refractivity contribution in [2.75, 3.05) is 19.9 Å². The van der Waals surface area contributed by atoms with E-state index in [-0.39, 0.29) is 25.9 Å². The summed E-state index contributed by atoms with van der Waals surface area (Å²) >= 11 is 12.3. The van der Waals surface area contributed by atoms with E-state index in [1.54, 1.807) is 42.5 Å². The molecule has 4 rings (SSSR count). The second-order valence-electron chi connectivity index (χ2n) is 8.91. The molecule has 204 valence electrons. The van der Waals surface area contributed by atoms with Crippen molar-refractivity contribution < 1.29 is 38.4 Å². The molecule has 2 heterocycles. The van der Waals surface area contributed by atoms with E-state index in [4.69, 9.17) is 42.1 Å². The zero-order valence-electron chi connectivity index (χ0n) is 20.4. The fraction of sp³-hybridized carbons (Fsp3) is 0.423. The van der Waals surface area contributed by atoms with E-state index < -0.39 is 36.0 Å². The molecule has 2 fully saturated rings. The number of benzene rings is 2. The number of rotatable bonds is 11. The first-order chi connectivity index (χ1) is 18.3. The average molecular weight is 567 g/mol. The number of carboxylic acids is 1. The molecule has 0 bridgehead atoms. The Hall–Kier alpha value is -2.89. The minimum absolute atomic E-state index is 0.00114.